The highest BCUT2D eigenvalue weighted by atomic mass is 16.6. The van der Waals surface area contributed by atoms with Crippen LogP contribution in [0.1, 0.15) is 37.2 Å². The second kappa shape index (κ2) is 6.58. The third-order valence-electron chi connectivity index (χ3n) is 6.07. The molecule has 6 nitrogen and oxygen atoms in total. The number of pyridine rings is 1. The van der Waals surface area contributed by atoms with Crippen LogP contribution in [0.3, 0.4) is 0 Å². The van der Waals surface area contributed by atoms with Gasteiger partial charge in [-0.3, -0.25) is 14.9 Å². The number of amides is 2. The Bertz CT molecular complexity index is 1200. The van der Waals surface area contributed by atoms with Gasteiger partial charge in [0.1, 0.15) is 0 Å². The summed E-state index contributed by atoms with van der Waals surface area (Å²) in [5, 5.41) is 4.48. The fraction of sp³-hybridized carbons (Fsp3) is 0.261. The summed E-state index contributed by atoms with van der Waals surface area (Å²) in [5.74, 6) is -0.522. The van der Waals surface area contributed by atoms with E-state index in [9.17, 15) is 14.4 Å². The van der Waals surface area contributed by atoms with E-state index in [0.29, 0.717) is 18.4 Å². The van der Waals surface area contributed by atoms with Crippen LogP contribution < -0.4 is 10.9 Å². The van der Waals surface area contributed by atoms with Gasteiger partial charge in [0.25, 0.3) is 11.5 Å². The minimum Gasteiger partial charge on any atom is -0.432 e. The van der Waals surface area contributed by atoms with E-state index in [1.807, 2.05) is 42.5 Å². The van der Waals surface area contributed by atoms with E-state index in [1.54, 1.807) is 0 Å². The Morgan fingerprint density at radius 2 is 1.79 bits per heavy atom. The van der Waals surface area contributed by atoms with E-state index in [2.05, 4.69) is 22.4 Å². The van der Waals surface area contributed by atoms with Crippen molar-refractivity contribution in [1.82, 2.24) is 10.3 Å². The van der Waals surface area contributed by atoms with Gasteiger partial charge >= 0.3 is 6.09 Å². The fourth-order valence-corrected chi connectivity index (χ4v) is 4.59. The predicted octanol–water partition coefficient (Wildman–Crippen LogP) is 3.86. The number of alkyl carbamates (subject to hydrolysis) is 1. The van der Waals surface area contributed by atoms with Gasteiger partial charge in [-0.2, -0.15) is 0 Å². The van der Waals surface area contributed by atoms with Crippen molar-refractivity contribution in [3.05, 3.63) is 70.5 Å². The molecule has 146 valence electrons. The molecule has 5 rings (SSSR count). The van der Waals surface area contributed by atoms with Gasteiger partial charge in [-0.15, -0.1) is 0 Å². The molecule has 1 aliphatic heterocycles. The predicted molar refractivity (Wildman–Crippen MR) is 109 cm³/mol. The summed E-state index contributed by atoms with van der Waals surface area (Å²) in [6.07, 6.45) is 1.63. The van der Waals surface area contributed by atoms with Gasteiger partial charge in [0.2, 0.25) is 0 Å². The number of fused-ring (bicyclic) bond motifs is 1. The number of nitrogens with one attached hydrogen (secondary N) is 2. The molecule has 2 aliphatic rings. The van der Waals surface area contributed by atoms with Crippen molar-refractivity contribution in [2.75, 3.05) is 0 Å². The SMILES string of the molecule is O=C1NC(=O)[C@]2(CCC[C@H](c3ccc(-c4ccc5ccccc5c4)[nH]c3=O)C2)O1. The zero-order valence-electron chi connectivity index (χ0n) is 15.7. The molecule has 1 saturated heterocycles. The van der Waals surface area contributed by atoms with Crippen LogP contribution in [0.4, 0.5) is 4.79 Å². The summed E-state index contributed by atoms with van der Waals surface area (Å²) in [4.78, 5) is 39.6. The van der Waals surface area contributed by atoms with Gasteiger partial charge in [0.05, 0.1) is 0 Å². The minimum absolute atomic E-state index is 0.130. The van der Waals surface area contributed by atoms with E-state index in [4.69, 9.17) is 4.74 Å². The number of carbonyl (C=O) groups is 2. The molecule has 0 unspecified atom stereocenters. The highest BCUT2D eigenvalue weighted by Gasteiger charge is 2.51. The number of hydrogen-bond donors (Lipinski definition) is 2. The van der Waals surface area contributed by atoms with Crippen LogP contribution in [0.2, 0.25) is 0 Å². The molecule has 1 spiro atoms. The Hall–Kier alpha value is -3.41. The maximum Gasteiger partial charge on any atom is 0.415 e. The molecule has 29 heavy (non-hydrogen) atoms. The molecule has 0 radical (unpaired) electrons. The lowest BCUT2D eigenvalue weighted by Crippen LogP contribution is -2.43. The molecule has 2 N–H and O–H groups in total. The molecular formula is C23H20N2O4. The van der Waals surface area contributed by atoms with Gasteiger partial charge in [0, 0.05) is 17.7 Å². The summed E-state index contributed by atoms with van der Waals surface area (Å²) in [6, 6.07) is 17.9. The van der Waals surface area contributed by atoms with Crippen molar-refractivity contribution < 1.29 is 14.3 Å². The summed E-state index contributed by atoms with van der Waals surface area (Å²) >= 11 is 0. The number of benzene rings is 2. The molecule has 3 aromatic rings. The van der Waals surface area contributed by atoms with Crippen LogP contribution in [-0.4, -0.2) is 22.6 Å². The van der Waals surface area contributed by atoms with Crippen molar-refractivity contribution >= 4 is 22.8 Å². The number of aromatic nitrogens is 1. The smallest absolute Gasteiger partial charge is 0.415 e. The van der Waals surface area contributed by atoms with Crippen LogP contribution in [0.25, 0.3) is 22.0 Å². The molecule has 1 saturated carbocycles. The van der Waals surface area contributed by atoms with Crippen LogP contribution in [-0.2, 0) is 9.53 Å². The second-order valence-corrected chi connectivity index (χ2v) is 7.85. The summed E-state index contributed by atoms with van der Waals surface area (Å²) in [7, 11) is 0. The second-order valence-electron chi connectivity index (χ2n) is 7.85. The topological polar surface area (TPSA) is 88.3 Å². The molecular weight excluding hydrogens is 368 g/mol. The summed E-state index contributed by atoms with van der Waals surface area (Å²) in [5.41, 5.74) is 1.02. The third-order valence-corrected chi connectivity index (χ3v) is 6.07. The Kier molecular flexibility index (Phi) is 4.01. The van der Waals surface area contributed by atoms with Gasteiger partial charge < -0.3 is 9.72 Å². The molecule has 2 atom stereocenters. The number of H-pyrrole nitrogens is 1. The van der Waals surface area contributed by atoms with Gasteiger partial charge in [0.15, 0.2) is 5.60 Å². The molecule has 2 fully saturated rings. The van der Waals surface area contributed by atoms with Crippen LogP contribution in [0.5, 0.6) is 0 Å². The summed E-state index contributed by atoms with van der Waals surface area (Å²) in [6.45, 7) is 0. The lowest BCUT2D eigenvalue weighted by molar-refractivity contribution is -0.134. The number of imide groups is 1. The van der Waals surface area contributed by atoms with E-state index < -0.39 is 17.6 Å². The van der Waals surface area contributed by atoms with Crippen LogP contribution in [0.15, 0.2) is 59.4 Å². The first-order valence-electron chi connectivity index (χ1n) is 9.81. The molecule has 1 aromatic heterocycles. The van der Waals surface area contributed by atoms with Crippen molar-refractivity contribution in [3.8, 4) is 11.3 Å². The lowest BCUT2D eigenvalue weighted by Gasteiger charge is -2.33. The van der Waals surface area contributed by atoms with E-state index >= 15 is 0 Å². The molecule has 2 heterocycles. The lowest BCUT2D eigenvalue weighted by atomic mass is 9.75. The zero-order chi connectivity index (χ0) is 20.0. The van der Waals surface area contributed by atoms with Crippen molar-refractivity contribution in [2.45, 2.75) is 37.2 Å². The number of rotatable bonds is 2. The third kappa shape index (κ3) is 3.01. The first-order valence-corrected chi connectivity index (χ1v) is 9.81. The molecule has 6 heteroatoms. The first kappa shape index (κ1) is 17.7. The molecule has 2 amide bonds. The Labute approximate surface area is 166 Å². The molecule has 1 aliphatic carbocycles. The van der Waals surface area contributed by atoms with Crippen molar-refractivity contribution in [3.63, 3.8) is 0 Å². The van der Waals surface area contributed by atoms with Gasteiger partial charge in [-0.25, -0.2) is 4.79 Å². The quantitative estimate of drug-likeness (QED) is 0.698. The maximum absolute atomic E-state index is 12.9. The monoisotopic (exact) mass is 388 g/mol. The maximum atomic E-state index is 12.9. The standard InChI is InChI=1S/C23H20N2O4/c26-20-18(17-6-3-11-23(13-17)21(27)25-22(28)29-23)9-10-19(24-20)16-8-7-14-4-1-2-5-15(14)12-16/h1-2,4-5,7-10,12,17H,3,6,11,13H2,(H,24,26)(H,25,27,28)/t17-,23+/m0/s1. The van der Waals surface area contributed by atoms with E-state index in [0.717, 1.165) is 34.9 Å². The Morgan fingerprint density at radius 3 is 2.55 bits per heavy atom. The van der Waals surface area contributed by atoms with Crippen molar-refractivity contribution in [1.29, 1.82) is 0 Å². The minimum atomic E-state index is -1.14. The molecule has 2 aromatic carbocycles. The number of hydrogen-bond acceptors (Lipinski definition) is 4. The highest BCUT2D eigenvalue weighted by molar-refractivity contribution is 6.03. The van der Waals surface area contributed by atoms with E-state index in [-0.39, 0.29) is 11.5 Å². The summed E-state index contributed by atoms with van der Waals surface area (Å²) < 4.78 is 5.32. The number of carbonyl (C=O) groups excluding carboxylic acids is 2. The highest BCUT2D eigenvalue weighted by Crippen LogP contribution is 2.42. The zero-order valence-corrected chi connectivity index (χ0v) is 15.7. The largest absolute Gasteiger partial charge is 0.432 e. The Morgan fingerprint density at radius 1 is 0.966 bits per heavy atom. The molecule has 0 bridgehead atoms. The average molecular weight is 388 g/mol. The normalized spacial score (nSPS) is 23.9. The average Bonchev–Trinajstić information content (AvgIpc) is 2.99. The van der Waals surface area contributed by atoms with E-state index in [1.165, 1.54) is 0 Å². The number of ether oxygens (including phenoxy) is 1. The van der Waals surface area contributed by atoms with Gasteiger partial charge in [-0.1, -0.05) is 42.5 Å². The van der Waals surface area contributed by atoms with Crippen LogP contribution in [0, 0.1) is 0 Å². The van der Waals surface area contributed by atoms with Crippen molar-refractivity contribution in [2.24, 2.45) is 0 Å². The van der Waals surface area contributed by atoms with Gasteiger partial charge in [-0.05, 0) is 53.6 Å². The number of aromatic amines is 1. The van der Waals surface area contributed by atoms with Crippen LogP contribution >= 0.6 is 0 Å². The first-order chi connectivity index (χ1) is 14.0. The Balaban J connectivity index is 1.46. The fourth-order valence-electron chi connectivity index (χ4n) is 4.59.